The molecule has 0 spiro atoms. The molecule has 2 N–H and O–H groups in total. The Hall–Kier alpha value is -1.60. The summed E-state index contributed by atoms with van der Waals surface area (Å²) < 4.78 is 0. The number of nitrogens with two attached hydrogens (primary N) is 1. The molecule has 0 aliphatic carbocycles. The van der Waals surface area contributed by atoms with Crippen LogP contribution in [0, 0.1) is 0 Å². The standard InChI is InChI=1S/C21H29N/c1-3-5-7-17-9-13-19(14-10-17)21(22)20-15-11-18(12-16-20)8-6-4-2/h9-16,21H,3-8,22H2,1-2H3. The second-order valence-corrected chi connectivity index (χ2v) is 6.17. The van der Waals surface area contributed by atoms with Crippen molar-refractivity contribution in [3.63, 3.8) is 0 Å². The molecule has 0 heterocycles. The second kappa shape index (κ2) is 8.75. The van der Waals surface area contributed by atoms with E-state index in [1.54, 1.807) is 0 Å². The predicted molar refractivity (Wildman–Crippen MR) is 96.1 cm³/mol. The summed E-state index contributed by atoms with van der Waals surface area (Å²) in [6, 6.07) is 17.6. The normalized spacial score (nSPS) is 11.1. The van der Waals surface area contributed by atoms with Gasteiger partial charge in [-0.25, -0.2) is 0 Å². The molecule has 0 saturated carbocycles. The smallest absolute Gasteiger partial charge is 0.0551 e. The van der Waals surface area contributed by atoms with E-state index < -0.39 is 0 Å². The molecule has 2 aromatic rings. The molecule has 0 saturated heterocycles. The molecule has 0 aromatic heterocycles. The van der Waals surface area contributed by atoms with Gasteiger partial charge in [-0.15, -0.1) is 0 Å². The Kier molecular flexibility index (Phi) is 6.67. The van der Waals surface area contributed by atoms with Gasteiger partial charge in [-0.05, 0) is 47.9 Å². The van der Waals surface area contributed by atoms with Crippen LogP contribution >= 0.6 is 0 Å². The maximum atomic E-state index is 6.42. The van der Waals surface area contributed by atoms with Gasteiger partial charge in [0.05, 0.1) is 6.04 Å². The molecule has 0 atom stereocenters. The van der Waals surface area contributed by atoms with Gasteiger partial charge in [0.2, 0.25) is 0 Å². The highest BCUT2D eigenvalue weighted by Gasteiger charge is 2.08. The van der Waals surface area contributed by atoms with Crippen molar-refractivity contribution in [2.75, 3.05) is 0 Å². The van der Waals surface area contributed by atoms with Crippen LogP contribution in [-0.2, 0) is 12.8 Å². The van der Waals surface area contributed by atoms with Gasteiger partial charge in [-0.2, -0.15) is 0 Å². The molecule has 1 heteroatoms. The fourth-order valence-corrected chi connectivity index (χ4v) is 2.74. The molecule has 0 amide bonds. The van der Waals surface area contributed by atoms with E-state index in [-0.39, 0.29) is 6.04 Å². The Morgan fingerprint density at radius 1 is 0.682 bits per heavy atom. The lowest BCUT2D eigenvalue weighted by Gasteiger charge is -2.14. The highest BCUT2D eigenvalue weighted by atomic mass is 14.6. The first-order valence-electron chi connectivity index (χ1n) is 8.67. The number of rotatable bonds is 8. The molecule has 22 heavy (non-hydrogen) atoms. The van der Waals surface area contributed by atoms with Crippen LogP contribution in [0.3, 0.4) is 0 Å². The van der Waals surface area contributed by atoms with Crippen LogP contribution in [0.4, 0.5) is 0 Å². The van der Waals surface area contributed by atoms with Crippen molar-refractivity contribution in [3.8, 4) is 0 Å². The zero-order valence-corrected chi connectivity index (χ0v) is 14.0. The minimum absolute atomic E-state index is 0.0274. The third kappa shape index (κ3) is 4.71. The first kappa shape index (κ1) is 16.8. The summed E-state index contributed by atoms with van der Waals surface area (Å²) in [6.07, 6.45) is 7.32. The van der Waals surface area contributed by atoms with E-state index in [4.69, 9.17) is 5.73 Å². The first-order chi connectivity index (χ1) is 10.7. The van der Waals surface area contributed by atoms with Crippen molar-refractivity contribution in [1.82, 2.24) is 0 Å². The number of hydrogen-bond acceptors (Lipinski definition) is 1. The topological polar surface area (TPSA) is 26.0 Å². The third-order valence-corrected chi connectivity index (χ3v) is 4.32. The van der Waals surface area contributed by atoms with Crippen molar-refractivity contribution >= 4 is 0 Å². The van der Waals surface area contributed by atoms with Crippen LogP contribution in [-0.4, -0.2) is 0 Å². The summed E-state index contributed by atoms with van der Waals surface area (Å²) in [4.78, 5) is 0. The predicted octanol–water partition coefficient (Wildman–Crippen LogP) is 5.42. The third-order valence-electron chi connectivity index (χ3n) is 4.32. The summed E-state index contributed by atoms with van der Waals surface area (Å²) >= 11 is 0. The van der Waals surface area contributed by atoms with Gasteiger partial charge in [0.25, 0.3) is 0 Å². The maximum Gasteiger partial charge on any atom is 0.0551 e. The average molecular weight is 295 g/mol. The quantitative estimate of drug-likeness (QED) is 0.691. The van der Waals surface area contributed by atoms with Gasteiger partial charge < -0.3 is 5.73 Å². The Morgan fingerprint density at radius 2 is 1.05 bits per heavy atom. The summed E-state index contributed by atoms with van der Waals surface area (Å²) in [7, 11) is 0. The number of unbranched alkanes of at least 4 members (excludes halogenated alkanes) is 2. The van der Waals surface area contributed by atoms with E-state index in [2.05, 4.69) is 62.4 Å². The molecule has 1 nitrogen and oxygen atoms in total. The SMILES string of the molecule is CCCCc1ccc(C(N)c2ccc(CCCC)cc2)cc1. The van der Waals surface area contributed by atoms with E-state index in [0.29, 0.717) is 0 Å². The lowest BCUT2D eigenvalue weighted by molar-refractivity contribution is 0.791. The van der Waals surface area contributed by atoms with Gasteiger partial charge in [-0.3, -0.25) is 0 Å². The van der Waals surface area contributed by atoms with Crippen molar-refractivity contribution < 1.29 is 0 Å². The van der Waals surface area contributed by atoms with E-state index >= 15 is 0 Å². The van der Waals surface area contributed by atoms with Gasteiger partial charge in [0.15, 0.2) is 0 Å². The van der Waals surface area contributed by atoms with Crippen LogP contribution in [0.15, 0.2) is 48.5 Å². The van der Waals surface area contributed by atoms with Crippen LogP contribution in [0.1, 0.15) is 67.8 Å². The lowest BCUT2D eigenvalue weighted by atomic mass is 9.96. The molecule has 0 aliphatic heterocycles. The van der Waals surface area contributed by atoms with Gasteiger partial charge >= 0.3 is 0 Å². The molecule has 0 bridgehead atoms. The molecule has 0 fully saturated rings. The Labute approximate surface area is 135 Å². The van der Waals surface area contributed by atoms with E-state index in [1.807, 2.05) is 0 Å². The minimum atomic E-state index is -0.0274. The molecule has 2 rings (SSSR count). The number of hydrogen-bond donors (Lipinski definition) is 1. The van der Waals surface area contributed by atoms with E-state index in [9.17, 15) is 0 Å². The zero-order chi connectivity index (χ0) is 15.8. The van der Waals surface area contributed by atoms with Crippen molar-refractivity contribution in [2.45, 2.75) is 58.4 Å². The van der Waals surface area contributed by atoms with Crippen LogP contribution in [0.5, 0.6) is 0 Å². The highest BCUT2D eigenvalue weighted by molar-refractivity contribution is 5.34. The lowest BCUT2D eigenvalue weighted by Crippen LogP contribution is -2.11. The number of aryl methyl sites for hydroxylation is 2. The monoisotopic (exact) mass is 295 g/mol. The molecule has 0 radical (unpaired) electrons. The van der Waals surface area contributed by atoms with Crippen molar-refractivity contribution in [1.29, 1.82) is 0 Å². The minimum Gasteiger partial charge on any atom is -0.320 e. The van der Waals surface area contributed by atoms with E-state index in [0.717, 1.165) is 12.8 Å². The second-order valence-electron chi connectivity index (χ2n) is 6.17. The molecule has 0 unspecified atom stereocenters. The van der Waals surface area contributed by atoms with E-state index in [1.165, 1.54) is 47.9 Å². The van der Waals surface area contributed by atoms with Crippen molar-refractivity contribution in [2.24, 2.45) is 5.73 Å². The fourth-order valence-electron chi connectivity index (χ4n) is 2.74. The summed E-state index contributed by atoms with van der Waals surface area (Å²) in [5, 5.41) is 0. The first-order valence-corrected chi connectivity index (χ1v) is 8.67. The molecular weight excluding hydrogens is 266 g/mol. The van der Waals surface area contributed by atoms with Crippen molar-refractivity contribution in [3.05, 3.63) is 70.8 Å². The van der Waals surface area contributed by atoms with Gasteiger partial charge in [0.1, 0.15) is 0 Å². The molecule has 2 aromatic carbocycles. The Balaban J connectivity index is 2.02. The zero-order valence-electron chi connectivity index (χ0n) is 14.0. The van der Waals surface area contributed by atoms with Crippen LogP contribution < -0.4 is 5.73 Å². The van der Waals surface area contributed by atoms with Crippen LogP contribution in [0.25, 0.3) is 0 Å². The summed E-state index contributed by atoms with van der Waals surface area (Å²) in [5.41, 5.74) is 11.6. The maximum absolute atomic E-state index is 6.42. The number of benzene rings is 2. The largest absolute Gasteiger partial charge is 0.320 e. The Bertz CT molecular complexity index is 488. The van der Waals surface area contributed by atoms with Crippen LogP contribution in [0.2, 0.25) is 0 Å². The summed E-state index contributed by atoms with van der Waals surface area (Å²) in [6.45, 7) is 4.46. The van der Waals surface area contributed by atoms with Gasteiger partial charge in [-0.1, -0.05) is 75.2 Å². The molecule has 0 aliphatic rings. The molecule has 118 valence electrons. The highest BCUT2D eigenvalue weighted by Crippen LogP contribution is 2.21. The Morgan fingerprint density at radius 3 is 1.36 bits per heavy atom. The molecular formula is C21H29N. The summed E-state index contributed by atoms with van der Waals surface area (Å²) in [5.74, 6) is 0. The van der Waals surface area contributed by atoms with Gasteiger partial charge in [0, 0.05) is 0 Å². The fraction of sp³-hybridized carbons (Fsp3) is 0.429. The average Bonchev–Trinajstić information content (AvgIpc) is 2.58.